The molecule has 0 saturated carbocycles. The molecule has 0 aliphatic carbocycles. The number of nitrogen functional groups attached to an aromatic ring is 1. The SMILES string of the molecule is COc1cccc(C(=O)Nc2cc(-c3noc(-c4sc(NC(=O)NCC(C)(C)N)nc4N)n3)c(F)cc2F)c1. The molecule has 0 saturated heterocycles. The third-order valence-corrected chi connectivity index (χ3v) is 6.05. The number of halogens is 2. The number of methoxy groups -OCH3 is 1. The molecule has 2 heterocycles. The number of benzene rings is 2. The molecule has 12 nitrogen and oxygen atoms in total. The molecule has 0 unspecified atom stereocenters. The van der Waals surface area contributed by atoms with E-state index in [4.69, 9.17) is 20.7 Å². The van der Waals surface area contributed by atoms with E-state index in [1.165, 1.54) is 19.2 Å². The number of nitrogens with one attached hydrogen (secondary N) is 3. The van der Waals surface area contributed by atoms with E-state index in [9.17, 15) is 18.4 Å². The van der Waals surface area contributed by atoms with Crippen molar-refractivity contribution in [3.05, 3.63) is 53.6 Å². The molecule has 0 radical (unpaired) electrons. The molecule has 0 spiro atoms. The monoisotopic (exact) mass is 558 g/mol. The predicted molar refractivity (Wildman–Crippen MR) is 141 cm³/mol. The van der Waals surface area contributed by atoms with E-state index in [1.807, 2.05) is 0 Å². The van der Waals surface area contributed by atoms with Gasteiger partial charge in [0, 0.05) is 23.7 Å². The van der Waals surface area contributed by atoms with Crippen LogP contribution in [0.25, 0.3) is 22.2 Å². The van der Waals surface area contributed by atoms with Gasteiger partial charge in [-0.25, -0.2) is 18.6 Å². The van der Waals surface area contributed by atoms with Crippen molar-refractivity contribution in [1.82, 2.24) is 20.4 Å². The molecule has 0 atom stereocenters. The Kier molecular flexibility index (Phi) is 7.73. The molecule has 0 bridgehead atoms. The van der Waals surface area contributed by atoms with Gasteiger partial charge in [0.05, 0.1) is 18.4 Å². The van der Waals surface area contributed by atoms with E-state index >= 15 is 0 Å². The quantitative estimate of drug-likeness (QED) is 0.214. The Hall–Kier alpha value is -4.63. The third kappa shape index (κ3) is 6.63. The fourth-order valence-electron chi connectivity index (χ4n) is 3.19. The number of thiazole rings is 1. The van der Waals surface area contributed by atoms with Crippen LogP contribution in [0, 0.1) is 11.6 Å². The van der Waals surface area contributed by atoms with Crippen LogP contribution >= 0.6 is 11.3 Å². The highest BCUT2D eigenvalue weighted by Crippen LogP contribution is 2.35. The Morgan fingerprint density at radius 1 is 1.13 bits per heavy atom. The minimum Gasteiger partial charge on any atom is -0.497 e. The Morgan fingerprint density at radius 2 is 1.90 bits per heavy atom. The van der Waals surface area contributed by atoms with E-state index in [2.05, 4.69) is 31.1 Å². The number of anilines is 3. The molecule has 3 amide bonds. The Bertz CT molecular complexity index is 1530. The standard InChI is InChI=1S/C24H24F2N8O4S/c1-24(2,28)10-29-22(36)33-23-31-18(27)17(39-23)21-32-19(34-38-21)13-8-16(15(26)9-14(13)25)30-20(35)11-5-4-6-12(7-11)37-3/h4-9H,10,27-28H2,1-3H3,(H,30,35)(H2,29,31,33,36). The van der Waals surface area contributed by atoms with Crippen LogP contribution in [0.15, 0.2) is 40.9 Å². The number of ether oxygens (including phenoxy) is 1. The predicted octanol–water partition coefficient (Wildman–Crippen LogP) is 3.84. The highest BCUT2D eigenvalue weighted by atomic mass is 32.1. The van der Waals surface area contributed by atoms with Crippen molar-refractivity contribution < 1.29 is 27.6 Å². The fraction of sp³-hybridized carbons (Fsp3) is 0.208. The molecule has 39 heavy (non-hydrogen) atoms. The Labute approximate surface area is 224 Å². The van der Waals surface area contributed by atoms with Gasteiger partial charge < -0.3 is 31.4 Å². The minimum absolute atomic E-state index is 0.0181. The van der Waals surface area contributed by atoms with Gasteiger partial charge in [0.15, 0.2) is 5.13 Å². The number of hydrogen-bond donors (Lipinski definition) is 5. The lowest BCUT2D eigenvalue weighted by atomic mass is 10.1. The first-order valence-corrected chi connectivity index (χ1v) is 12.1. The second kappa shape index (κ2) is 11.0. The van der Waals surface area contributed by atoms with Gasteiger partial charge in [0.2, 0.25) is 5.82 Å². The first-order valence-electron chi connectivity index (χ1n) is 11.3. The second-order valence-electron chi connectivity index (χ2n) is 8.95. The van der Waals surface area contributed by atoms with E-state index in [0.717, 1.165) is 17.4 Å². The molecule has 0 aliphatic rings. The summed E-state index contributed by atoms with van der Waals surface area (Å²) in [6, 6.07) is 7.32. The van der Waals surface area contributed by atoms with E-state index in [1.54, 1.807) is 26.0 Å². The number of carbonyl (C=O) groups excluding carboxylic acids is 2. The van der Waals surface area contributed by atoms with Crippen LogP contribution in [0.1, 0.15) is 24.2 Å². The lowest BCUT2D eigenvalue weighted by Gasteiger charge is -2.18. The van der Waals surface area contributed by atoms with Gasteiger partial charge in [-0.1, -0.05) is 22.6 Å². The number of rotatable bonds is 8. The Morgan fingerprint density at radius 3 is 2.62 bits per heavy atom. The molecule has 7 N–H and O–H groups in total. The van der Waals surface area contributed by atoms with Crippen molar-refractivity contribution >= 4 is 39.9 Å². The van der Waals surface area contributed by atoms with Gasteiger partial charge in [-0.3, -0.25) is 10.1 Å². The molecule has 2 aromatic carbocycles. The van der Waals surface area contributed by atoms with Crippen LogP contribution in [0.2, 0.25) is 0 Å². The Balaban J connectivity index is 1.54. The normalized spacial score (nSPS) is 11.2. The van der Waals surface area contributed by atoms with E-state index in [-0.39, 0.29) is 50.9 Å². The summed E-state index contributed by atoms with van der Waals surface area (Å²) in [6.07, 6.45) is 0. The third-order valence-electron chi connectivity index (χ3n) is 5.08. The number of carbonyl (C=O) groups is 2. The average Bonchev–Trinajstić information content (AvgIpc) is 3.50. The molecule has 0 fully saturated rings. The summed E-state index contributed by atoms with van der Waals surface area (Å²) in [5.41, 5.74) is 10.8. The smallest absolute Gasteiger partial charge is 0.321 e. The lowest BCUT2D eigenvalue weighted by molar-refractivity contribution is 0.102. The maximum Gasteiger partial charge on any atom is 0.321 e. The van der Waals surface area contributed by atoms with Crippen LogP contribution in [-0.4, -0.2) is 46.3 Å². The zero-order valence-electron chi connectivity index (χ0n) is 21.0. The number of amides is 3. The van der Waals surface area contributed by atoms with Crippen LogP contribution in [-0.2, 0) is 0 Å². The molecule has 204 valence electrons. The van der Waals surface area contributed by atoms with Crippen LogP contribution in [0.4, 0.5) is 30.2 Å². The summed E-state index contributed by atoms with van der Waals surface area (Å²) >= 11 is 0.945. The van der Waals surface area contributed by atoms with Gasteiger partial charge in [-0.05, 0) is 38.1 Å². The molecular formula is C24H24F2N8O4S. The average molecular weight is 559 g/mol. The fourth-order valence-corrected chi connectivity index (χ4v) is 3.99. The minimum atomic E-state index is -1.00. The van der Waals surface area contributed by atoms with Crippen LogP contribution in [0.5, 0.6) is 5.75 Å². The maximum atomic E-state index is 14.7. The molecular weight excluding hydrogens is 534 g/mol. The summed E-state index contributed by atoms with van der Waals surface area (Å²) in [5.74, 6) is -2.56. The number of nitrogens with zero attached hydrogens (tertiary/aromatic N) is 3. The van der Waals surface area contributed by atoms with Crippen molar-refractivity contribution in [2.24, 2.45) is 5.73 Å². The highest BCUT2D eigenvalue weighted by molar-refractivity contribution is 7.19. The maximum absolute atomic E-state index is 14.7. The molecule has 2 aromatic heterocycles. The molecule has 15 heteroatoms. The van der Waals surface area contributed by atoms with Gasteiger partial charge in [-0.2, -0.15) is 4.98 Å². The topological polar surface area (TPSA) is 183 Å². The van der Waals surface area contributed by atoms with E-state index < -0.39 is 29.1 Å². The lowest BCUT2D eigenvalue weighted by Crippen LogP contribution is -2.46. The van der Waals surface area contributed by atoms with Crippen molar-refractivity contribution in [3.8, 4) is 27.9 Å². The summed E-state index contributed by atoms with van der Waals surface area (Å²) in [7, 11) is 1.44. The first kappa shape index (κ1) is 27.4. The first-order chi connectivity index (χ1) is 18.4. The van der Waals surface area contributed by atoms with Gasteiger partial charge in [0.1, 0.15) is 28.1 Å². The van der Waals surface area contributed by atoms with Gasteiger partial charge in [-0.15, -0.1) is 0 Å². The van der Waals surface area contributed by atoms with Crippen molar-refractivity contribution in [1.29, 1.82) is 0 Å². The highest BCUT2D eigenvalue weighted by Gasteiger charge is 2.22. The number of hydrogen-bond acceptors (Lipinski definition) is 10. The summed E-state index contributed by atoms with van der Waals surface area (Å²) in [6.45, 7) is 3.72. The number of urea groups is 1. The van der Waals surface area contributed by atoms with Crippen LogP contribution < -0.4 is 32.2 Å². The summed E-state index contributed by atoms with van der Waals surface area (Å²) in [4.78, 5) is 33.1. The largest absolute Gasteiger partial charge is 0.497 e. The number of nitrogens with two attached hydrogens (primary N) is 2. The number of aromatic nitrogens is 3. The van der Waals surface area contributed by atoms with Gasteiger partial charge in [0.25, 0.3) is 11.8 Å². The molecule has 0 aliphatic heterocycles. The van der Waals surface area contributed by atoms with Crippen LogP contribution in [0.3, 0.4) is 0 Å². The van der Waals surface area contributed by atoms with Gasteiger partial charge >= 0.3 is 6.03 Å². The molecule has 4 rings (SSSR count). The van der Waals surface area contributed by atoms with Crippen molar-refractivity contribution in [3.63, 3.8) is 0 Å². The zero-order valence-corrected chi connectivity index (χ0v) is 21.8. The summed E-state index contributed by atoms with van der Waals surface area (Å²) < 4.78 is 39.5. The second-order valence-corrected chi connectivity index (χ2v) is 9.95. The molecule has 4 aromatic rings. The van der Waals surface area contributed by atoms with Crippen molar-refractivity contribution in [2.45, 2.75) is 19.4 Å². The van der Waals surface area contributed by atoms with E-state index in [0.29, 0.717) is 11.8 Å². The summed E-state index contributed by atoms with van der Waals surface area (Å²) in [5, 5.41) is 11.4. The van der Waals surface area contributed by atoms with Crippen molar-refractivity contribution in [2.75, 3.05) is 30.0 Å². The zero-order chi connectivity index (χ0) is 28.3.